The predicted molar refractivity (Wildman–Crippen MR) is 74.4 cm³/mol. The number of methoxy groups -OCH3 is 1. The molecule has 0 amide bonds. The summed E-state index contributed by atoms with van der Waals surface area (Å²) < 4.78 is 4.80. The third kappa shape index (κ3) is 3.22. The highest BCUT2D eigenvalue weighted by Gasteiger charge is 2.12. The zero-order chi connectivity index (χ0) is 13.7. The molecule has 0 unspecified atom stereocenters. The van der Waals surface area contributed by atoms with Crippen LogP contribution in [0.5, 0.6) is 5.75 Å². The van der Waals surface area contributed by atoms with E-state index in [9.17, 15) is 9.90 Å². The van der Waals surface area contributed by atoms with E-state index in [1.807, 2.05) is 30.3 Å². The lowest BCUT2D eigenvalue weighted by Gasteiger charge is -2.06. The van der Waals surface area contributed by atoms with Crippen LogP contribution in [0, 0.1) is 0 Å². The van der Waals surface area contributed by atoms with Crippen LogP contribution >= 0.6 is 0 Å². The fraction of sp³-hybridized carbons (Fsp3) is 0.0625. The molecular weight excluding hydrogens is 240 g/mol. The van der Waals surface area contributed by atoms with E-state index in [4.69, 9.17) is 4.74 Å². The van der Waals surface area contributed by atoms with Crippen molar-refractivity contribution in [2.45, 2.75) is 0 Å². The molecule has 2 aromatic rings. The van der Waals surface area contributed by atoms with Crippen LogP contribution < -0.4 is 0 Å². The van der Waals surface area contributed by atoms with Gasteiger partial charge >= 0.3 is 5.97 Å². The quantitative estimate of drug-likeness (QED) is 0.520. The van der Waals surface area contributed by atoms with Gasteiger partial charge in [-0.2, -0.15) is 0 Å². The van der Waals surface area contributed by atoms with Crippen molar-refractivity contribution in [3.63, 3.8) is 0 Å². The Labute approximate surface area is 111 Å². The lowest BCUT2D eigenvalue weighted by atomic mass is 10.0. The summed E-state index contributed by atoms with van der Waals surface area (Å²) in [6.07, 6.45) is 1.76. The first kappa shape index (κ1) is 12.9. The van der Waals surface area contributed by atoms with Gasteiger partial charge in [-0.3, -0.25) is 0 Å². The fourth-order valence-corrected chi connectivity index (χ4v) is 1.73. The highest BCUT2D eigenvalue weighted by atomic mass is 16.5. The number of hydrogen-bond acceptors (Lipinski definition) is 3. The molecule has 0 aliphatic rings. The second kappa shape index (κ2) is 5.87. The summed E-state index contributed by atoms with van der Waals surface area (Å²) in [4.78, 5) is 11.8. The van der Waals surface area contributed by atoms with Gasteiger partial charge in [0.05, 0.1) is 12.7 Å². The van der Waals surface area contributed by atoms with E-state index in [0.717, 1.165) is 5.56 Å². The molecule has 0 spiro atoms. The van der Waals surface area contributed by atoms with Gasteiger partial charge in [0.15, 0.2) is 0 Å². The monoisotopic (exact) mass is 254 g/mol. The van der Waals surface area contributed by atoms with Crippen LogP contribution in [0.1, 0.15) is 11.1 Å². The van der Waals surface area contributed by atoms with E-state index in [1.54, 1.807) is 18.2 Å². The molecule has 96 valence electrons. The summed E-state index contributed by atoms with van der Waals surface area (Å²) in [5.74, 6) is -0.248. The average molecular weight is 254 g/mol. The molecule has 1 N–H and O–H groups in total. The van der Waals surface area contributed by atoms with Gasteiger partial charge in [-0.1, -0.05) is 42.5 Å². The molecule has 0 aliphatic carbocycles. The Morgan fingerprint density at radius 2 is 1.68 bits per heavy atom. The Kier molecular flexibility index (Phi) is 3.98. The maximum atomic E-state index is 11.8. The Hall–Kier alpha value is -2.55. The van der Waals surface area contributed by atoms with Crippen LogP contribution in [0.4, 0.5) is 0 Å². The van der Waals surface area contributed by atoms with Crippen LogP contribution in [0.15, 0.2) is 54.6 Å². The molecule has 0 saturated carbocycles. The Bertz CT molecular complexity index is 583. The summed E-state index contributed by atoms with van der Waals surface area (Å²) in [6, 6.07) is 16.0. The zero-order valence-electron chi connectivity index (χ0n) is 10.5. The summed E-state index contributed by atoms with van der Waals surface area (Å²) in [5, 5.41) is 9.29. The number of esters is 1. The molecule has 0 aromatic heterocycles. The normalized spacial score (nSPS) is 11.1. The summed E-state index contributed by atoms with van der Waals surface area (Å²) >= 11 is 0. The number of benzene rings is 2. The van der Waals surface area contributed by atoms with Gasteiger partial charge in [-0.15, -0.1) is 0 Å². The van der Waals surface area contributed by atoms with Gasteiger partial charge in [0.25, 0.3) is 0 Å². The molecule has 0 fully saturated rings. The van der Waals surface area contributed by atoms with Crippen LogP contribution in [0.2, 0.25) is 0 Å². The fourth-order valence-electron chi connectivity index (χ4n) is 1.73. The first-order valence-electron chi connectivity index (χ1n) is 5.85. The van der Waals surface area contributed by atoms with Crippen molar-refractivity contribution >= 4 is 17.6 Å². The molecule has 0 heterocycles. The maximum absolute atomic E-state index is 11.8. The Morgan fingerprint density at radius 3 is 2.26 bits per heavy atom. The third-order valence-corrected chi connectivity index (χ3v) is 2.69. The van der Waals surface area contributed by atoms with Crippen LogP contribution in [0.25, 0.3) is 11.6 Å². The largest absolute Gasteiger partial charge is 0.508 e. The first-order chi connectivity index (χ1) is 9.20. The standard InChI is InChI=1S/C16H14O3/c1-19-16(18)15(11-12-5-3-2-4-6-12)13-7-9-14(17)10-8-13/h2-11,17H,1H3/b15-11-. The number of aromatic hydroxyl groups is 1. The summed E-state index contributed by atoms with van der Waals surface area (Å²) in [7, 11) is 1.35. The van der Waals surface area contributed by atoms with Crippen molar-refractivity contribution in [2.75, 3.05) is 7.11 Å². The predicted octanol–water partition coefficient (Wildman–Crippen LogP) is 3.11. The zero-order valence-corrected chi connectivity index (χ0v) is 10.5. The minimum absolute atomic E-state index is 0.160. The highest BCUT2D eigenvalue weighted by Crippen LogP contribution is 2.21. The molecule has 2 aromatic carbocycles. The van der Waals surface area contributed by atoms with Gasteiger partial charge in [0.1, 0.15) is 5.75 Å². The number of carbonyl (C=O) groups excluding carboxylic acids is 1. The lowest BCUT2D eigenvalue weighted by Crippen LogP contribution is -2.03. The van der Waals surface area contributed by atoms with E-state index >= 15 is 0 Å². The van der Waals surface area contributed by atoms with Crippen LogP contribution in [-0.4, -0.2) is 18.2 Å². The van der Waals surface area contributed by atoms with E-state index < -0.39 is 5.97 Å². The van der Waals surface area contributed by atoms with Gasteiger partial charge in [-0.05, 0) is 29.3 Å². The first-order valence-corrected chi connectivity index (χ1v) is 5.85. The van der Waals surface area contributed by atoms with Crippen molar-refractivity contribution < 1.29 is 14.6 Å². The molecule has 3 nitrogen and oxygen atoms in total. The summed E-state index contributed by atoms with van der Waals surface area (Å²) in [5.41, 5.74) is 2.07. The maximum Gasteiger partial charge on any atom is 0.338 e. The van der Waals surface area contributed by atoms with Crippen molar-refractivity contribution in [3.05, 3.63) is 65.7 Å². The second-order valence-corrected chi connectivity index (χ2v) is 4.01. The number of phenolic OH excluding ortho intramolecular Hbond substituents is 1. The Balaban J connectivity index is 2.45. The van der Waals surface area contributed by atoms with Gasteiger partial charge < -0.3 is 9.84 Å². The van der Waals surface area contributed by atoms with Crippen LogP contribution in [0.3, 0.4) is 0 Å². The van der Waals surface area contributed by atoms with Crippen LogP contribution in [-0.2, 0) is 9.53 Å². The van der Waals surface area contributed by atoms with E-state index in [1.165, 1.54) is 19.2 Å². The SMILES string of the molecule is COC(=O)/C(=C\c1ccccc1)c1ccc(O)cc1. The number of carbonyl (C=O) groups is 1. The lowest BCUT2D eigenvalue weighted by molar-refractivity contribution is -0.133. The minimum atomic E-state index is -0.408. The molecular formula is C16H14O3. The summed E-state index contributed by atoms with van der Waals surface area (Å²) in [6.45, 7) is 0. The van der Waals surface area contributed by atoms with E-state index in [-0.39, 0.29) is 5.75 Å². The number of rotatable bonds is 3. The molecule has 0 bridgehead atoms. The van der Waals surface area contributed by atoms with E-state index in [2.05, 4.69) is 0 Å². The number of ether oxygens (including phenoxy) is 1. The molecule has 19 heavy (non-hydrogen) atoms. The van der Waals surface area contributed by atoms with Crippen molar-refractivity contribution in [3.8, 4) is 5.75 Å². The van der Waals surface area contributed by atoms with Crippen molar-refractivity contribution in [1.82, 2.24) is 0 Å². The molecule has 2 rings (SSSR count). The average Bonchev–Trinajstić information content (AvgIpc) is 2.46. The molecule has 0 atom stereocenters. The third-order valence-electron chi connectivity index (χ3n) is 2.69. The molecule has 3 heteroatoms. The van der Waals surface area contributed by atoms with E-state index in [0.29, 0.717) is 11.1 Å². The molecule has 0 saturated heterocycles. The Morgan fingerprint density at radius 1 is 1.05 bits per heavy atom. The minimum Gasteiger partial charge on any atom is -0.508 e. The molecule has 0 radical (unpaired) electrons. The highest BCUT2D eigenvalue weighted by molar-refractivity contribution is 6.21. The number of hydrogen-bond donors (Lipinski definition) is 1. The smallest absolute Gasteiger partial charge is 0.338 e. The van der Waals surface area contributed by atoms with Gasteiger partial charge in [0.2, 0.25) is 0 Å². The van der Waals surface area contributed by atoms with Gasteiger partial charge in [0, 0.05) is 0 Å². The topological polar surface area (TPSA) is 46.5 Å². The van der Waals surface area contributed by atoms with Crippen molar-refractivity contribution in [1.29, 1.82) is 0 Å². The number of phenols is 1. The van der Waals surface area contributed by atoms with Gasteiger partial charge in [-0.25, -0.2) is 4.79 Å². The molecule has 0 aliphatic heterocycles. The van der Waals surface area contributed by atoms with Crippen molar-refractivity contribution in [2.24, 2.45) is 0 Å². The second-order valence-electron chi connectivity index (χ2n) is 4.01.